The Labute approximate surface area is 131 Å². The Hall–Kier alpha value is -1.79. The van der Waals surface area contributed by atoms with E-state index in [1.54, 1.807) is 25.3 Å². The normalized spacial score (nSPS) is 12.0. The molecule has 0 aliphatic heterocycles. The molecule has 0 saturated heterocycles. The zero-order valence-electron chi connectivity index (χ0n) is 11.8. The number of carbonyl (C=O) groups is 1. The molecule has 0 bridgehead atoms. The van der Waals surface area contributed by atoms with Gasteiger partial charge in [0.2, 0.25) is 0 Å². The lowest BCUT2D eigenvalue weighted by Gasteiger charge is -2.14. The molecule has 1 aromatic carbocycles. The van der Waals surface area contributed by atoms with Gasteiger partial charge < -0.3 is 19.7 Å². The second-order valence-corrected chi connectivity index (χ2v) is 5.47. The van der Waals surface area contributed by atoms with Crippen LogP contribution in [-0.2, 0) is 7.05 Å². The summed E-state index contributed by atoms with van der Waals surface area (Å²) in [7, 11) is 3.39. The number of amides is 1. The number of nitrogens with one attached hydrogen (secondary N) is 1. The smallest absolute Gasteiger partial charge is 0.252 e. The van der Waals surface area contributed by atoms with Crippen molar-refractivity contribution in [3.8, 4) is 5.75 Å². The number of ether oxygens (including phenoxy) is 1. The molecule has 6 heteroatoms. The number of aryl methyl sites for hydroxylation is 1. The molecular weight excluding hydrogens is 336 g/mol. The minimum absolute atomic E-state index is 0.139. The maximum atomic E-state index is 12.2. The average Bonchev–Trinajstić information content (AvgIpc) is 2.91. The van der Waals surface area contributed by atoms with Crippen molar-refractivity contribution in [3.05, 3.63) is 52.3 Å². The third-order valence-electron chi connectivity index (χ3n) is 3.20. The average molecular weight is 353 g/mol. The Kier molecular flexibility index (Phi) is 5.03. The van der Waals surface area contributed by atoms with Crippen molar-refractivity contribution in [3.63, 3.8) is 0 Å². The molecule has 0 fully saturated rings. The maximum absolute atomic E-state index is 12.2. The minimum atomic E-state index is -0.752. The van der Waals surface area contributed by atoms with Crippen LogP contribution in [0.15, 0.2) is 41.0 Å². The van der Waals surface area contributed by atoms with E-state index in [4.69, 9.17) is 4.74 Å². The first-order valence-electron chi connectivity index (χ1n) is 6.44. The first-order chi connectivity index (χ1) is 10.0. The first-order valence-corrected chi connectivity index (χ1v) is 7.23. The van der Waals surface area contributed by atoms with Gasteiger partial charge in [0.25, 0.3) is 5.91 Å². The second-order valence-electron chi connectivity index (χ2n) is 4.62. The van der Waals surface area contributed by atoms with E-state index in [-0.39, 0.29) is 12.5 Å². The summed E-state index contributed by atoms with van der Waals surface area (Å²) in [6.45, 7) is 0.139. The zero-order chi connectivity index (χ0) is 15.4. The Balaban J connectivity index is 2.03. The molecule has 0 saturated carbocycles. The van der Waals surface area contributed by atoms with E-state index >= 15 is 0 Å². The van der Waals surface area contributed by atoms with Gasteiger partial charge in [-0.15, -0.1) is 0 Å². The predicted octanol–water partition coefficient (Wildman–Crippen LogP) is 2.26. The number of aliphatic hydroxyl groups is 1. The van der Waals surface area contributed by atoms with Crippen LogP contribution in [0.5, 0.6) is 5.75 Å². The van der Waals surface area contributed by atoms with Crippen molar-refractivity contribution in [1.82, 2.24) is 9.88 Å². The van der Waals surface area contributed by atoms with Crippen molar-refractivity contribution in [2.24, 2.45) is 7.05 Å². The van der Waals surface area contributed by atoms with E-state index in [1.807, 2.05) is 29.9 Å². The minimum Gasteiger partial charge on any atom is -0.497 e. The van der Waals surface area contributed by atoms with Crippen molar-refractivity contribution < 1.29 is 14.6 Å². The number of aromatic nitrogens is 1. The highest BCUT2D eigenvalue weighted by Gasteiger charge is 2.15. The summed E-state index contributed by atoms with van der Waals surface area (Å²) in [5, 5.41) is 12.8. The van der Waals surface area contributed by atoms with E-state index in [1.165, 1.54) is 0 Å². The Morgan fingerprint density at radius 2 is 2.24 bits per heavy atom. The number of nitrogens with zero attached hydrogens (tertiary/aromatic N) is 1. The van der Waals surface area contributed by atoms with Crippen molar-refractivity contribution in [2.45, 2.75) is 6.10 Å². The fourth-order valence-corrected chi connectivity index (χ4v) is 2.44. The molecule has 0 unspecified atom stereocenters. The van der Waals surface area contributed by atoms with Gasteiger partial charge >= 0.3 is 0 Å². The largest absolute Gasteiger partial charge is 0.497 e. The van der Waals surface area contributed by atoms with Crippen LogP contribution in [0, 0.1) is 0 Å². The van der Waals surface area contributed by atoms with Crippen LogP contribution in [0.4, 0.5) is 0 Å². The monoisotopic (exact) mass is 352 g/mol. The Morgan fingerprint density at radius 1 is 1.48 bits per heavy atom. The van der Waals surface area contributed by atoms with Crippen molar-refractivity contribution >= 4 is 21.8 Å². The zero-order valence-corrected chi connectivity index (χ0v) is 13.4. The number of hydrogen-bond donors (Lipinski definition) is 2. The van der Waals surface area contributed by atoms with Crippen LogP contribution in [0.3, 0.4) is 0 Å². The molecule has 112 valence electrons. The second kappa shape index (κ2) is 6.78. The van der Waals surface area contributed by atoms with E-state index in [0.717, 1.165) is 5.69 Å². The van der Waals surface area contributed by atoms with Crippen LogP contribution in [0.1, 0.15) is 22.2 Å². The number of hydrogen-bond acceptors (Lipinski definition) is 3. The molecule has 21 heavy (non-hydrogen) atoms. The van der Waals surface area contributed by atoms with Gasteiger partial charge in [0.1, 0.15) is 11.9 Å². The highest BCUT2D eigenvalue weighted by atomic mass is 79.9. The van der Waals surface area contributed by atoms with Gasteiger partial charge in [0, 0.05) is 30.0 Å². The fraction of sp³-hybridized carbons (Fsp3) is 0.267. The number of rotatable bonds is 5. The van der Waals surface area contributed by atoms with Gasteiger partial charge in [-0.3, -0.25) is 4.79 Å². The molecule has 1 aromatic heterocycles. The van der Waals surface area contributed by atoms with Crippen molar-refractivity contribution in [2.75, 3.05) is 13.7 Å². The number of halogens is 1. The molecule has 2 rings (SSSR count). The third-order valence-corrected chi connectivity index (χ3v) is 3.89. The molecular formula is C15H17BrN2O3. The molecule has 2 N–H and O–H groups in total. The maximum Gasteiger partial charge on any atom is 0.252 e. The highest BCUT2D eigenvalue weighted by molar-refractivity contribution is 9.10. The Morgan fingerprint density at radius 3 is 2.86 bits per heavy atom. The number of benzene rings is 1. The lowest BCUT2D eigenvalue weighted by atomic mass is 10.2. The van der Waals surface area contributed by atoms with Crippen LogP contribution < -0.4 is 10.1 Å². The van der Waals surface area contributed by atoms with Gasteiger partial charge in [0.05, 0.1) is 12.7 Å². The van der Waals surface area contributed by atoms with E-state index < -0.39 is 6.10 Å². The quantitative estimate of drug-likeness (QED) is 0.867. The molecule has 1 heterocycles. The molecule has 1 atom stereocenters. The summed E-state index contributed by atoms with van der Waals surface area (Å²) in [5.74, 6) is 0.334. The highest BCUT2D eigenvalue weighted by Crippen LogP contribution is 2.22. The summed E-state index contributed by atoms with van der Waals surface area (Å²) < 4.78 is 7.60. The molecule has 2 aromatic rings. The number of carbonyl (C=O) groups excluding carboxylic acids is 1. The predicted molar refractivity (Wildman–Crippen MR) is 83.4 cm³/mol. The SMILES string of the molecule is COc1ccc(Br)c(C(=O)NC[C@H](O)c2cccn2C)c1. The van der Waals surface area contributed by atoms with Crippen LogP contribution in [0.2, 0.25) is 0 Å². The van der Waals surface area contributed by atoms with E-state index in [9.17, 15) is 9.90 Å². The molecule has 0 aliphatic rings. The van der Waals surface area contributed by atoms with Crippen LogP contribution in [-0.4, -0.2) is 29.2 Å². The third kappa shape index (κ3) is 3.65. The molecule has 0 aliphatic carbocycles. The van der Waals surface area contributed by atoms with Crippen LogP contribution in [0.25, 0.3) is 0 Å². The fourth-order valence-electron chi connectivity index (χ4n) is 2.02. The molecule has 0 spiro atoms. The Bertz CT molecular complexity index is 640. The summed E-state index contributed by atoms with van der Waals surface area (Å²) in [5.41, 5.74) is 1.22. The lowest BCUT2D eigenvalue weighted by molar-refractivity contribution is 0.0911. The van der Waals surface area contributed by atoms with E-state index in [0.29, 0.717) is 15.8 Å². The van der Waals surface area contributed by atoms with Gasteiger partial charge in [-0.2, -0.15) is 0 Å². The number of aliphatic hydroxyl groups excluding tert-OH is 1. The summed E-state index contributed by atoms with van der Waals surface area (Å²) in [6, 6.07) is 8.83. The van der Waals surface area contributed by atoms with Crippen LogP contribution >= 0.6 is 15.9 Å². The summed E-state index contributed by atoms with van der Waals surface area (Å²) in [6.07, 6.45) is 1.09. The van der Waals surface area contributed by atoms with Gasteiger partial charge in [-0.05, 0) is 46.3 Å². The lowest BCUT2D eigenvalue weighted by Crippen LogP contribution is -2.29. The van der Waals surface area contributed by atoms with Gasteiger partial charge in [0.15, 0.2) is 0 Å². The molecule has 5 nitrogen and oxygen atoms in total. The van der Waals surface area contributed by atoms with E-state index in [2.05, 4.69) is 21.2 Å². The molecule has 0 radical (unpaired) electrons. The number of methoxy groups -OCH3 is 1. The first kappa shape index (κ1) is 15.6. The molecule has 1 amide bonds. The van der Waals surface area contributed by atoms with Gasteiger partial charge in [-0.25, -0.2) is 0 Å². The summed E-state index contributed by atoms with van der Waals surface area (Å²) >= 11 is 3.33. The topological polar surface area (TPSA) is 63.5 Å². The summed E-state index contributed by atoms with van der Waals surface area (Å²) in [4.78, 5) is 12.2. The standard InChI is InChI=1S/C15H17BrN2O3/c1-18-7-3-4-13(18)14(19)9-17-15(20)11-8-10(21-2)5-6-12(11)16/h3-8,14,19H,9H2,1-2H3,(H,17,20)/t14-/m0/s1. The van der Waals surface area contributed by atoms with Crippen molar-refractivity contribution in [1.29, 1.82) is 0 Å². The van der Waals surface area contributed by atoms with Gasteiger partial charge in [-0.1, -0.05) is 0 Å².